The lowest BCUT2D eigenvalue weighted by Crippen LogP contribution is -2.40. The molecule has 26 heavy (non-hydrogen) atoms. The summed E-state index contributed by atoms with van der Waals surface area (Å²) < 4.78 is 5.20. The summed E-state index contributed by atoms with van der Waals surface area (Å²) in [5, 5.41) is 3.41. The van der Waals surface area contributed by atoms with E-state index >= 15 is 0 Å². The Morgan fingerprint density at radius 2 is 1.92 bits per heavy atom. The van der Waals surface area contributed by atoms with E-state index in [1.165, 1.54) is 11.8 Å². The third kappa shape index (κ3) is 6.08. The molecular formula is C20H23ClN2O3. The van der Waals surface area contributed by atoms with Gasteiger partial charge in [0.1, 0.15) is 5.75 Å². The number of nitrogens with one attached hydrogen (secondary N) is 1. The number of carbonyl (C=O) groups excluding carboxylic acids is 2. The minimum atomic E-state index is -0.217. The van der Waals surface area contributed by atoms with E-state index in [2.05, 4.69) is 5.32 Å². The number of rotatable bonds is 8. The molecular weight excluding hydrogens is 352 g/mol. The van der Waals surface area contributed by atoms with Gasteiger partial charge in [0, 0.05) is 25.0 Å². The molecule has 5 nitrogen and oxygen atoms in total. The number of methoxy groups -OCH3 is 1. The zero-order valence-electron chi connectivity index (χ0n) is 15.0. The molecule has 0 fully saturated rings. The Balaban J connectivity index is 1.87. The molecule has 0 aliphatic heterocycles. The maximum absolute atomic E-state index is 12.2. The zero-order valence-corrected chi connectivity index (χ0v) is 15.8. The Labute approximate surface area is 158 Å². The van der Waals surface area contributed by atoms with Gasteiger partial charge in [-0.05, 0) is 35.7 Å². The standard InChI is InChI=1S/C20H23ClN2O3/c1-15(24)23(11-10-16-6-5-8-18(12-16)26-2)14-20(25)22-13-17-7-3-4-9-19(17)21/h3-9,12H,10-11,13-14H2,1-2H3,(H,22,25). The van der Waals surface area contributed by atoms with Crippen molar-refractivity contribution < 1.29 is 14.3 Å². The van der Waals surface area contributed by atoms with E-state index in [1.807, 2.05) is 42.5 Å². The van der Waals surface area contributed by atoms with Crippen LogP contribution < -0.4 is 10.1 Å². The summed E-state index contributed by atoms with van der Waals surface area (Å²) >= 11 is 6.08. The van der Waals surface area contributed by atoms with Gasteiger partial charge in [-0.25, -0.2) is 0 Å². The molecule has 0 bridgehead atoms. The smallest absolute Gasteiger partial charge is 0.239 e. The van der Waals surface area contributed by atoms with Crippen LogP contribution in [-0.2, 0) is 22.6 Å². The minimum absolute atomic E-state index is 0.0176. The summed E-state index contributed by atoms with van der Waals surface area (Å²) in [5.74, 6) is 0.418. The first kappa shape index (κ1) is 19.8. The van der Waals surface area contributed by atoms with Crippen molar-refractivity contribution in [3.63, 3.8) is 0 Å². The summed E-state index contributed by atoms with van der Waals surface area (Å²) in [6, 6.07) is 15.0. The number of halogens is 1. The second kappa shape index (κ2) is 9.82. The van der Waals surface area contributed by atoms with Crippen LogP contribution in [-0.4, -0.2) is 36.9 Å². The van der Waals surface area contributed by atoms with Crippen LogP contribution in [0.2, 0.25) is 5.02 Å². The molecule has 0 unspecified atom stereocenters. The lowest BCUT2D eigenvalue weighted by atomic mass is 10.1. The molecule has 6 heteroatoms. The molecule has 0 radical (unpaired) electrons. The maximum Gasteiger partial charge on any atom is 0.239 e. The van der Waals surface area contributed by atoms with E-state index in [0.717, 1.165) is 16.9 Å². The van der Waals surface area contributed by atoms with Crippen LogP contribution in [0.25, 0.3) is 0 Å². The number of hydrogen-bond acceptors (Lipinski definition) is 3. The molecule has 0 saturated heterocycles. The molecule has 0 saturated carbocycles. The highest BCUT2D eigenvalue weighted by molar-refractivity contribution is 6.31. The highest BCUT2D eigenvalue weighted by Gasteiger charge is 2.14. The van der Waals surface area contributed by atoms with E-state index in [4.69, 9.17) is 16.3 Å². The first-order valence-corrected chi connectivity index (χ1v) is 8.76. The first-order chi connectivity index (χ1) is 12.5. The van der Waals surface area contributed by atoms with Crippen molar-refractivity contribution in [1.82, 2.24) is 10.2 Å². The van der Waals surface area contributed by atoms with Crippen molar-refractivity contribution in [3.05, 3.63) is 64.7 Å². The molecule has 1 N–H and O–H groups in total. The molecule has 0 heterocycles. The SMILES string of the molecule is COc1cccc(CCN(CC(=O)NCc2ccccc2Cl)C(C)=O)c1. The second-order valence-electron chi connectivity index (χ2n) is 5.91. The monoisotopic (exact) mass is 374 g/mol. The highest BCUT2D eigenvalue weighted by Crippen LogP contribution is 2.15. The van der Waals surface area contributed by atoms with Gasteiger partial charge in [0.15, 0.2) is 0 Å². The van der Waals surface area contributed by atoms with Crippen molar-refractivity contribution in [3.8, 4) is 5.75 Å². The summed E-state index contributed by atoms with van der Waals surface area (Å²) in [6.45, 7) is 2.28. The predicted molar refractivity (Wildman–Crippen MR) is 102 cm³/mol. The van der Waals surface area contributed by atoms with Gasteiger partial charge in [-0.3, -0.25) is 9.59 Å². The Kier molecular flexibility index (Phi) is 7.48. The fourth-order valence-corrected chi connectivity index (χ4v) is 2.71. The number of carbonyl (C=O) groups is 2. The average molecular weight is 375 g/mol. The van der Waals surface area contributed by atoms with E-state index < -0.39 is 0 Å². The fraction of sp³-hybridized carbons (Fsp3) is 0.300. The highest BCUT2D eigenvalue weighted by atomic mass is 35.5. The molecule has 2 aromatic carbocycles. The molecule has 2 rings (SSSR count). The molecule has 0 aliphatic rings. The van der Waals surface area contributed by atoms with Crippen LogP contribution in [0.3, 0.4) is 0 Å². The lowest BCUT2D eigenvalue weighted by molar-refractivity contribution is -0.134. The van der Waals surface area contributed by atoms with Gasteiger partial charge in [-0.15, -0.1) is 0 Å². The molecule has 138 valence electrons. The molecule has 2 amide bonds. The number of amides is 2. The summed E-state index contributed by atoms with van der Waals surface area (Å²) in [5.41, 5.74) is 1.89. The molecule has 0 aromatic heterocycles. The lowest BCUT2D eigenvalue weighted by Gasteiger charge is -2.21. The van der Waals surface area contributed by atoms with Crippen LogP contribution >= 0.6 is 11.6 Å². The Hall–Kier alpha value is -2.53. The van der Waals surface area contributed by atoms with Crippen molar-refractivity contribution in [2.45, 2.75) is 19.9 Å². The number of benzene rings is 2. The van der Waals surface area contributed by atoms with Gasteiger partial charge in [-0.2, -0.15) is 0 Å². The first-order valence-electron chi connectivity index (χ1n) is 8.38. The number of ether oxygens (including phenoxy) is 1. The van der Waals surface area contributed by atoms with Crippen LogP contribution in [0.5, 0.6) is 5.75 Å². The Bertz CT molecular complexity index is 764. The van der Waals surface area contributed by atoms with Gasteiger partial charge in [0.25, 0.3) is 0 Å². The summed E-state index contributed by atoms with van der Waals surface area (Å²) in [6.07, 6.45) is 0.647. The van der Waals surface area contributed by atoms with E-state index in [1.54, 1.807) is 13.2 Å². The van der Waals surface area contributed by atoms with E-state index in [0.29, 0.717) is 24.5 Å². The molecule has 2 aromatic rings. The fourth-order valence-electron chi connectivity index (χ4n) is 2.50. The minimum Gasteiger partial charge on any atom is -0.497 e. The number of hydrogen-bond donors (Lipinski definition) is 1. The Morgan fingerprint density at radius 1 is 1.15 bits per heavy atom. The zero-order chi connectivity index (χ0) is 18.9. The third-order valence-electron chi connectivity index (χ3n) is 4.02. The van der Waals surface area contributed by atoms with Gasteiger partial charge in [0.05, 0.1) is 13.7 Å². The molecule has 0 spiro atoms. The third-order valence-corrected chi connectivity index (χ3v) is 4.39. The largest absolute Gasteiger partial charge is 0.497 e. The predicted octanol–water partition coefficient (Wildman–Crippen LogP) is 3.06. The quantitative estimate of drug-likeness (QED) is 0.772. The van der Waals surface area contributed by atoms with Crippen LogP contribution in [0.15, 0.2) is 48.5 Å². The van der Waals surface area contributed by atoms with E-state index in [9.17, 15) is 9.59 Å². The van der Waals surface area contributed by atoms with Crippen molar-refractivity contribution in [2.75, 3.05) is 20.2 Å². The van der Waals surface area contributed by atoms with E-state index in [-0.39, 0.29) is 18.4 Å². The maximum atomic E-state index is 12.2. The molecule has 0 atom stereocenters. The van der Waals surface area contributed by atoms with Crippen molar-refractivity contribution in [1.29, 1.82) is 0 Å². The van der Waals surface area contributed by atoms with Gasteiger partial charge < -0.3 is 15.0 Å². The summed E-state index contributed by atoms with van der Waals surface area (Å²) in [7, 11) is 1.62. The second-order valence-corrected chi connectivity index (χ2v) is 6.32. The van der Waals surface area contributed by atoms with Crippen LogP contribution in [0.4, 0.5) is 0 Å². The topological polar surface area (TPSA) is 58.6 Å². The van der Waals surface area contributed by atoms with Crippen LogP contribution in [0.1, 0.15) is 18.1 Å². The summed E-state index contributed by atoms with van der Waals surface area (Å²) in [4.78, 5) is 25.6. The van der Waals surface area contributed by atoms with Crippen molar-refractivity contribution in [2.24, 2.45) is 0 Å². The van der Waals surface area contributed by atoms with Gasteiger partial charge in [-0.1, -0.05) is 41.9 Å². The average Bonchev–Trinajstić information content (AvgIpc) is 2.64. The normalized spacial score (nSPS) is 10.3. The van der Waals surface area contributed by atoms with Crippen molar-refractivity contribution >= 4 is 23.4 Å². The Morgan fingerprint density at radius 3 is 2.62 bits per heavy atom. The molecule has 0 aliphatic carbocycles. The number of nitrogens with zero attached hydrogens (tertiary/aromatic N) is 1. The van der Waals surface area contributed by atoms with Crippen LogP contribution in [0, 0.1) is 0 Å². The van der Waals surface area contributed by atoms with Gasteiger partial charge >= 0.3 is 0 Å². The van der Waals surface area contributed by atoms with Gasteiger partial charge in [0.2, 0.25) is 11.8 Å².